The molecule has 1 aromatic heterocycles. The van der Waals surface area contributed by atoms with Crippen molar-refractivity contribution in [1.82, 2.24) is 15.1 Å². The van der Waals surface area contributed by atoms with Crippen LogP contribution in [0.15, 0.2) is 30.3 Å². The van der Waals surface area contributed by atoms with E-state index < -0.39 is 15.4 Å². The molecule has 1 fully saturated rings. The van der Waals surface area contributed by atoms with Crippen molar-refractivity contribution >= 4 is 15.7 Å². The van der Waals surface area contributed by atoms with E-state index in [9.17, 15) is 13.2 Å². The molecule has 1 aliphatic rings. The van der Waals surface area contributed by atoms with Gasteiger partial charge < -0.3 is 10.1 Å². The Balaban J connectivity index is 1.95. The summed E-state index contributed by atoms with van der Waals surface area (Å²) in [6.07, 6.45) is 1.29. The van der Waals surface area contributed by atoms with Gasteiger partial charge in [-0.05, 0) is 62.4 Å². The summed E-state index contributed by atoms with van der Waals surface area (Å²) in [5.74, 6) is 0.637. The molecule has 1 N–H and O–H groups in total. The second-order valence-corrected chi connectivity index (χ2v) is 12.4. The highest BCUT2D eigenvalue weighted by molar-refractivity contribution is 7.91. The molecule has 2 aromatic rings. The number of ether oxygens (including phenoxy) is 1. The maximum absolute atomic E-state index is 13.1. The molecule has 0 spiro atoms. The van der Waals surface area contributed by atoms with Gasteiger partial charge in [0.05, 0.1) is 30.4 Å². The maximum Gasteiger partial charge on any atom is 0.272 e. The van der Waals surface area contributed by atoms with Crippen LogP contribution in [0.25, 0.3) is 11.3 Å². The number of benzene rings is 1. The zero-order valence-electron chi connectivity index (χ0n) is 19.2. The molecular weight excluding hydrogens is 414 g/mol. The number of sulfone groups is 1. The van der Waals surface area contributed by atoms with Crippen LogP contribution in [0.3, 0.4) is 0 Å². The first-order valence-corrected chi connectivity index (χ1v) is 12.4. The number of rotatable bonds is 6. The third-order valence-corrected chi connectivity index (χ3v) is 7.08. The van der Waals surface area contributed by atoms with Crippen LogP contribution in [-0.4, -0.2) is 48.3 Å². The van der Waals surface area contributed by atoms with Crippen LogP contribution in [0.1, 0.15) is 64.0 Å². The topological polar surface area (TPSA) is 90.3 Å². The number of nitrogens with zero attached hydrogens (tertiary/aromatic N) is 2. The average molecular weight is 448 g/mol. The van der Waals surface area contributed by atoms with Crippen LogP contribution in [-0.2, 0) is 9.84 Å². The molecule has 7 nitrogen and oxygen atoms in total. The van der Waals surface area contributed by atoms with Crippen molar-refractivity contribution < 1.29 is 17.9 Å². The summed E-state index contributed by atoms with van der Waals surface area (Å²) in [5.41, 5.74) is 1.52. The van der Waals surface area contributed by atoms with Gasteiger partial charge >= 0.3 is 0 Å². The summed E-state index contributed by atoms with van der Waals surface area (Å²) in [4.78, 5) is 13.1. The molecule has 31 heavy (non-hydrogen) atoms. The van der Waals surface area contributed by atoms with Crippen molar-refractivity contribution in [1.29, 1.82) is 0 Å². The van der Waals surface area contributed by atoms with Crippen molar-refractivity contribution in [2.24, 2.45) is 5.41 Å². The van der Waals surface area contributed by atoms with Gasteiger partial charge in [0.1, 0.15) is 5.75 Å². The fraction of sp³-hybridized carbons (Fsp3) is 0.565. The maximum atomic E-state index is 13.1. The minimum Gasteiger partial charge on any atom is -0.497 e. The molecule has 0 radical (unpaired) electrons. The molecule has 1 aliphatic heterocycles. The lowest BCUT2D eigenvalue weighted by molar-refractivity contribution is 0.0885. The molecule has 0 saturated carbocycles. The van der Waals surface area contributed by atoms with E-state index in [2.05, 4.69) is 31.2 Å². The van der Waals surface area contributed by atoms with E-state index in [-0.39, 0.29) is 34.6 Å². The molecule has 0 bridgehead atoms. The van der Waals surface area contributed by atoms with Crippen LogP contribution in [0.5, 0.6) is 5.75 Å². The van der Waals surface area contributed by atoms with Crippen molar-refractivity contribution in [3.63, 3.8) is 0 Å². The Labute approximate surface area is 185 Å². The van der Waals surface area contributed by atoms with Crippen LogP contribution in [0, 0.1) is 5.41 Å². The fourth-order valence-corrected chi connectivity index (χ4v) is 6.16. The van der Waals surface area contributed by atoms with Gasteiger partial charge in [-0.1, -0.05) is 20.8 Å². The van der Waals surface area contributed by atoms with Crippen molar-refractivity contribution in [3.8, 4) is 17.0 Å². The van der Waals surface area contributed by atoms with E-state index in [1.165, 1.54) is 0 Å². The summed E-state index contributed by atoms with van der Waals surface area (Å²) in [5, 5.41) is 7.66. The summed E-state index contributed by atoms with van der Waals surface area (Å²) in [7, 11) is -1.49. The van der Waals surface area contributed by atoms with E-state index in [1.807, 2.05) is 38.1 Å². The van der Waals surface area contributed by atoms with Crippen LogP contribution in [0.4, 0.5) is 0 Å². The molecule has 1 saturated heterocycles. The number of carbonyl (C=O) groups is 1. The number of nitrogens with one attached hydrogen (secondary N) is 1. The lowest BCUT2D eigenvalue weighted by atomic mass is 9.82. The van der Waals surface area contributed by atoms with Gasteiger partial charge in [-0.25, -0.2) is 8.42 Å². The van der Waals surface area contributed by atoms with E-state index in [4.69, 9.17) is 4.74 Å². The fourth-order valence-electron chi connectivity index (χ4n) is 4.47. The SMILES string of the molecule is COc1ccc(-c2cc(C(=O)NC(C)(C)CC(C)(C)C)nn2[C@H]2CCS(=O)(=O)C2)cc1. The first kappa shape index (κ1) is 23.3. The smallest absolute Gasteiger partial charge is 0.272 e. The van der Waals surface area contributed by atoms with Crippen LogP contribution >= 0.6 is 0 Å². The summed E-state index contributed by atoms with van der Waals surface area (Å²) >= 11 is 0. The zero-order valence-corrected chi connectivity index (χ0v) is 20.0. The van der Waals surface area contributed by atoms with Crippen molar-refractivity contribution in [2.75, 3.05) is 18.6 Å². The minimum atomic E-state index is -3.09. The molecule has 3 rings (SSSR count). The normalized spacial score (nSPS) is 18.7. The highest BCUT2D eigenvalue weighted by Gasteiger charge is 2.33. The Hall–Kier alpha value is -2.35. The minimum absolute atomic E-state index is 0.0361. The number of methoxy groups -OCH3 is 1. The first-order valence-electron chi connectivity index (χ1n) is 10.6. The second kappa shape index (κ2) is 8.30. The number of aromatic nitrogens is 2. The van der Waals surface area contributed by atoms with Gasteiger partial charge in [-0.15, -0.1) is 0 Å². The molecule has 0 aliphatic carbocycles. The number of hydrogen-bond acceptors (Lipinski definition) is 5. The van der Waals surface area contributed by atoms with Gasteiger partial charge in [0.2, 0.25) is 0 Å². The highest BCUT2D eigenvalue weighted by atomic mass is 32.2. The third-order valence-electron chi connectivity index (χ3n) is 5.33. The Morgan fingerprint density at radius 2 is 1.84 bits per heavy atom. The van der Waals surface area contributed by atoms with Gasteiger partial charge in [-0.3, -0.25) is 9.48 Å². The molecule has 8 heteroatoms. The van der Waals surface area contributed by atoms with E-state index in [0.717, 1.165) is 23.4 Å². The average Bonchev–Trinajstić information content (AvgIpc) is 3.22. The number of amides is 1. The van der Waals surface area contributed by atoms with Crippen molar-refractivity contribution in [3.05, 3.63) is 36.0 Å². The molecular formula is C23H33N3O4S. The monoisotopic (exact) mass is 447 g/mol. The largest absolute Gasteiger partial charge is 0.497 e. The molecule has 2 heterocycles. The molecule has 1 aromatic carbocycles. The van der Waals surface area contributed by atoms with Gasteiger partial charge in [-0.2, -0.15) is 5.10 Å². The molecule has 1 amide bonds. The van der Waals surface area contributed by atoms with E-state index in [1.54, 1.807) is 17.9 Å². The Kier molecular flexibility index (Phi) is 6.24. The van der Waals surface area contributed by atoms with E-state index in [0.29, 0.717) is 6.42 Å². The Morgan fingerprint density at radius 3 is 2.35 bits per heavy atom. The van der Waals surface area contributed by atoms with E-state index >= 15 is 0 Å². The highest BCUT2D eigenvalue weighted by Crippen LogP contribution is 2.32. The summed E-state index contributed by atoms with van der Waals surface area (Å²) in [6.45, 7) is 10.4. The van der Waals surface area contributed by atoms with Gasteiger partial charge in [0.15, 0.2) is 15.5 Å². The Bertz CT molecular complexity index is 1050. The zero-order chi connectivity index (χ0) is 23.0. The molecule has 0 unspecified atom stereocenters. The third kappa shape index (κ3) is 5.87. The standard InChI is InChI=1S/C23H33N3O4S/c1-22(2,3)15-23(4,5)24-21(27)19-13-20(16-7-9-18(30-6)10-8-16)26(25-19)17-11-12-31(28,29)14-17/h7-10,13,17H,11-12,14-15H2,1-6H3,(H,24,27)/t17-/m0/s1. The lowest BCUT2D eigenvalue weighted by Crippen LogP contribution is -2.46. The Morgan fingerprint density at radius 1 is 1.19 bits per heavy atom. The molecule has 170 valence electrons. The first-order chi connectivity index (χ1) is 14.3. The predicted octanol–water partition coefficient (Wildman–Crippen LogP) is 3.86. The van der Waals surface area contributed by atoms with Gasteiger partial charge in [0, 0.05) is 11.1 Å². The van der Waals surface area contributed by atoms with Crippen LogP contribution in [0.2, 0.25) is 0 Å². The lowest BCUT2D eigenvalue weighted by Gasteiger charge is -2.33. The predicted molar refractivity (Wildman–Crippen MR) is 122 cm³/mol. The second-order valence-electron chi connectivity index (χ2n) is 10.2. The molecule has 1 atom stereocenters. The number of hydrogen-bond donors (Lipinski definition) is 1. The number of carbonyl (C=O) groups excluding carboxylic acids is 1. The van der Waals surface area contributed by atoms with Crippen LogP contribution < -0.4 is 10.1 Å². The summed E-state index contributed by atoms with van der Waals surface area (Å²) < 4.78 is 31.1. The quantitative estimate of drug-likeness (QED) is 0.726. The van der Waals surface area contributed by atoms with Crippen molar-refractivity contribution in [2.45, 2.75) is 59.0 Å². The summed E-state index contributed by atoms with van der Waals surface area (Å²) in [6, 6.07) is 8.91. The van der Waals surface area contributed by atoms with Gasteiger partial charge in [0.25, 0.3) is 5.91 Å².